The van der Waals surface area contributed by atoms with Crippen LogP contribution in [0.1, 0.15) is 22.0 Å². The molecule has 1 amide bonds. The Balaban J connectivity index is 1.59. The van der Waals surface area contributed by atoms with E-state index in [2.05, 4.69) is 20.3 Å². The van der Waals surface area contributed by atoms with E-state index >= 15 is 0 Å². The Morgan fingerprint density at radius 1 is 1.24 bits per heavy atom. The zero-order valence-electron chi connectivity index (χ0n) is 12.9. The predicted molar refractivity (Wildman–Crippen MR) is 86.5 cm³/mol. The molecule has 130 valence electrons. The Morgan fingerprint density at radius 3 is 2.72 bits per heavy atom. The number of aliphatic hydroxyl groups is 1. The minimum atomic E-state index is -2.90. The van der Waals surface area contributed by atoms with Gasteiger partial charge in [0, 0.05) is 17.5 Å². The van der Waals surface area contributed by atoms with Crippen LogP contribution in [0, 0.1) is 0 Å². The fraction of sp³-hybridized carbons (Fsp3) is 0.176. The Labute approximate surface area is 141 Å². The smallest absolute Gasteiger partial charge is 0.387 e. The number of carbonyl (C=O) groups is 1. The summed E-state index contributed by atoms with van der Waals surface area (Å²) < 4.78 is 28.4. The molecular weight excluding hydrogens is 332 g/mol. The molecule has 0 aliphatic rings. The molecule has 8 heteroatoms. The highest BCUT2D eigenvalue weighted by molar-refractivity contribution is 5.97. The van der Waals surface area contributed by atoms with Gasteiger partial charge >= 0.3 is 6.61 Å². The number of ether oxygens (including phenoxy) is 1. The molecule has 6 nitrogen and oxygen atoms in total. The molecule has 0 saturated heterocycles. The van der Waals surface area contributed by atoms with E-state index in [0.29, 0.717) is 11.1 Å². The Morgan fingerprint density at radius 2 is 2.00 bits per heavy atom. The van der Waals surface area contributed by atoms with Gasteiger partial charge in [-0.2, -0.15) is 13.9 Å². The minimum Gasteiger partial charge on any atom is -0.435 e. The Hall–Kier alpha value is -3.00. The quantitative estimate of drug-likeness (QED) is 0.640. The second kappa shape index (κ2) is 7.27. The van der Waals surface area contributed by atoms with E-state index in [1.165, 1.54) is 24.3 Å². The van der Waals surface area contributed by atoms with Crippen LogP contribution in [0.4, 0.5) is 8.78 Å². The van der Waals surface area contributed by atoms with E-state index in [9.17, 15) is 18.7 Å². The number of amides is 1. The highest BCUT2D eigenvalue weighted by Crippen LogP contribution is 2.19. The van der Waals surface area contributed by atoms with Crippen LogP contribution in [0.3, 0.4) is 0 Å². The molecule has 0 radical (unpaired) electrons. The van der Waals surface area contributed by atoms with Crippen LogP contribution in [-0.4, -0.2) is 34.4 Å². The third-order valence-electron chi connectivity index (χ3n) is 3.65. The summed E-state index contributed by atoms with van der Waals surface area (Å²) in [4.78, 5) is 12.2. The molecule has 0 spiro atoms. The molecule has 2 aromatic carbocycles. The first kappa shape index (κ1) is 16.8. The van der Waals surface area contributed by atoms with Crippen LogP contribution in [-0.2, 0) is 0 Å². The summed E-state index contributed by atoms with van der Waals surface area (Å²) in [7, 11) is 0. The van der Waals surface area contributed by atoms with Gasteiger partial charge in [-0.05, 0) is 35.9 Å². The lowest BCUT2D eigenvalue weighted by Crippen LogP contribution is -2.28. The van der Waals surface area contributed by atoms with Gasteiger partial charge in [0.2, 0.25) is 0 Å². The average molecular weight is 347 g/mol. The SMILES string of the molecule is O=C(NCC(O)c1ccc(OC(F)F)cc1)c1ccc2[nH]ncc2c1. The van der Waals surface area contributed by atoms with Crippen LogP contribution < -0.4 is 10.1 Å². The molecule has 1 atom stereocenters. The molecular formula is C17H15F2N3O3. The van der Waals surface area contributed by atoms with Crippen molar-refractivity contribution >= 4 is 16.8 Å². The number of hydrogen-bond acceptors (Lipinski definition) is 4. The maximum Gasteiger partial charge on any atom is 0.387 e. The molecule has 3 aromatic rings. The van der Waals surface area contributed by atoms with E-state index in [1.807, 2.05) is 0 Å². The largest absolute Gasteiger partial charge is 0.435 e. The third kappa shape index (κ3) is 4.10. The number of rotatable bonds is 6. The summed E-state index contributed by atoms with van der Waals surface area (Å²) >= 11 is 0. The summed E-state index contributed by atoms with van der Waals surface area (Å²) in [5, 5.41) is 20.2. The first-order chi connectivity index (χ1) is 12.0. The van der Waals surface area contributed by atoms with Crippen LogP contribution in [0.15, 0.2) is 48.7 Å². The molecule has 0 aliphatic carbocycles. The number of alkyl halides is 2. The maximum absolute atomic E-state index is 12.2. The van der Waals surface area contributed by atoms with Gasteiger partial charge in [0.25, 0.3) is 5.91 Å². The number of nitrogens with zero attached hydrogens (tertiary/aromatic N) is 1. The van der Waals surface area contributed by atoms with Crippen LogP contribution in [0.2, 0.25) is 0 Å². The van der Waals surface area contributed by atoms with Crippen molar-refractivity contribution < 1.29 is 23.4 Å². The number of fused-ring (bicyclic) bond motifs is 1. The second-order valence-corrected chi connectivity index (χ2v) is 5.35. The first-order valence-corrected chi connectivity index (χ1v) is 7.47. The second-order valence-electron chi connectivity index (χ2n) is 5.35. The highest BCUT2D eigenvalue weighted by atomic mass is 19.3. The molecule has 3 N–H and O–H groups in total. The Kier molecular flexibility index (Phi) is 4.90. The summed E-state index contributed by atoms with van der Waals surface area (Å²) in [6.45, 7) is -2.92. The number of carbonyl (C=O) groups excluding carboxylic acids is 1. The van der Waals surface area contributed by atoms with Gasteiger partial charge in [0.15, 0.2) is 0 Å². The van der Waals surface area contributed by atoms with Crippen molar-refractivity contribution in [2.75, 3.05) is 6.54 Å². The van der Waals surface area contributed by atoms with Gasteiger partial charge in [-0.15, -0.1) is 0 Å². The molecule has 0 saturated carbocycles. The van der Waals surface area contributed by atoms with Crippen LogP contribution >= 0.6 is 0 Å². The summed E-state index contributed by atoms with van der Waals surface area (Å²) in [5.41, 5.74) is 1.75. The van der Waals surface area contributed by atoms with Gasteiger partial charge in [0.05, 0.1) is 17.8 Å². The van der Waals surface area contributed by atoms with Gasteiger partial charge < -0.3 is 15.2 Å². The van der Waals surface area contributed by atoms with Gasteiger partial charge in [-0.3, -0.25) is 9.89 Å². The van der Waals surface area contributed by atoms with E-state index in [1.54, 1.807) is 24.4 Å². The lowest BCUT2D eigenvalue weighted by molar-refractivity contribution is -0.0498. The lowest BCUT2D eigenvalue weighted by Gasteiger charge is -2.13. The molecule has 1 unspecified atom stereocenters. The van der Waals surface area contributed by atoms with E-state index in [-0.39, 0.29) is 18.2 Å². The number of aliphatic hydroxyl groups excluding tert-OH is 1. The van der Waals surface area contributed by atoms with Crippen LogP contribution in [0.5, 0.6) is 5.75 Å². The molecule has 3 rings (SSSR count). The van der Waals surface area contributed by atoms with Gasteiger partial charge in [-0.25, -0.2) is 0 Å². The first-order valence-electron chi connectivity index (χ1n) is 7.47. The number of nitrogens with one attached hydrogen (secondary N) is 2. The molecule has 1 aromatic heterocycles. The summed E-state index contributed by atoms with van der Waals surface area (Å²) in [5.74, 6) is -0.330. The maximum atomic E-state index is 12.2. The number of aromatic amines is 1. The molecule has 0 aliphatic heterocycles. The number of benzene rings is 2. The fourth-order valence-electron chi connectivity index (χ4n) is 2.36. The highest BCUT2D eigenvalue weighted by Gasteiger charge is 2.12. The lowest BCUT2D eigenvalue weighted by atomic mass is 10.1. The zero-order valence-corrected chi connectivity index (χ0v) is 12.9. The number of H-pyrrole nitrogens is 1. The van der Waals surface area contributed by atoms with E-state index < -0.39 is 12.7 Å². The van der Waals surface area contributed by atoms with Crippen molar-refractivity contribution in [1.29, 1.82) is 0 Å². The van der Waals surface area contributed by atoms with Crippen LogP contribution in [0.25, 0.3) is 10.9 Å². The predicted octanol–water partition coefficient (Wildman–Crippen LogP) is 2.63. The molecule has 1 heterocycles. The average Bonchev–Trinajstić information content (AvgIpc) is 3.07. The summed E-state index contributed by atoms with van der Waals surface area (Å²) in [6.07, 6.45) is 0.645. The summed E-state index contributed by atoms with van der Waals surface area (Å²) in [6, 6.07) is 10.7. The minimum absolute atomic E-state index is 0.00315. The number of halogens is 2. The van der Waals surface area contributed by atoms with Crippen molar-refractivity contribution in [3.8, 4) is 5.75 Å². The number of aromatic nitrogens is 2. The van der Waals surface area contributed by atoms with E-state index in [0.717, 1.165) is 10.9 Å². The standard InChI is InChI=1S/C17H15F2N3O3/c18-17(19)25-13-4-1-10(2-5-13)15(23)9-20-16(24)11-3-6-14-12(7-11)8-21-22-14/h1-8,15,17,23H,9H2,(H,20,24)(H,21,22). The van der Waals surface area contributed by atoms with E-state index in [4.69, 9.17) is 0 Å². The molecule has 25 heavy (non-hydrogen) atoms. The van der Waals surface area contributed by atoms with Crippen molar-refractivity contribution in [3.63, 3.8) is 0 Å². The monoisotopic (exact) mass is 347 g/mol. The molecule has 0 bridgehead atoms. The fourth-order valence-corrected chi connectivity index (χ4v) is 2.36. The van der Waals surface area contributed by atoms with Gasteiger partial charge in [0.1, 0.15) is 5.75 Å². The van der Waals surface area contributed by atoms with Crippen molar-refractivity contribution in [3.05, 3.63) is 59.8 Å². The van der Waals surface area contributed by atoms with Crippen molar-refractivity contribution in [2.24, 2.45) is 0 Å². The third-order valence-corrected chi connectivity index (χ3v) is 3.65. The normalized spacial score (nSPS) is 12.3. The topological polar surface area (TPSA) is 87.2 Å². The van der Waals surface area contributed by atoms with Crippen molar-refractivity contribution in [2.45, 2.75) is 12.7 Å². The number of hydrogen-bond donors (Lipinski definition) is 3. The molecule has 0 fully saturated rings. The van der Waals surface area contributed by atoms with Gasteiger partial charge in [-0.1, -0.05) is 12.1 Å². The Bertz CT molecular complexity index is 865. The zero-order chi connectivity index (χ0) is 17.8. The van der Waals surface area contributed by atoms with Crippen molar-refractivity contribution in [1.82, 2.24) is 15.5 Å².